The Morgan fingerprint density at radius 3 is 2.30 bits per heavy atom. The van der Waals surface area contributed by atoms with Gasteiger partial charge in [-0.15, -0.1) is 5.10 Å². The molecule has 1 aromatic carbocycles. The van der Waals surface area contributed by atoms with Gasteiger partial charge in [0, 0.05) is 11.1 Å². The van der Waals surface area contributed by atoms with Crippen molar-refractivity contribution in [3.05, 3.63) is 46.9 Å². The Morgan fingerprint density at radius 2 is 1.74 bits per heavy atom. The lowest BCUT2D eigenvalue weighted by Crippen LogP contribution is -2.11. The molecular weight excluding hydrogens is 320 g/mol. The summed E-state index contributed by atoms with van der Waals surface area (Å²) < 4.78 is 22.6. The molecule has 0 radical (unpaired) electrons. The van der Waals surface area contributed by atoms with Crippen LogP contribution in [-0.2, 0) is 10.0 Å². The molecule has 3 aromatic rings. The molecule has 0 aliphatic rings. The number of benzene rings is 1. The Morgan fingerprint density at radius 1 is 1.04 bits per heavy atom. The molecule has 6 N–H and O–H groups in total. The maximum absolute atomic E-state index is 11.9. The van der Waals surface area contributed by atoms with Gasteiger partial charge >= 0.3 is 0 Å². The van der Waals surface area contributed by atoms with Crippen LogP contribution in [0, 0.1) is 0 Å². The Kier molecular flexibility index (Phi) is 3.47. The number of aromatic amines is 2. The summed E-state index contributed by atoms with van der Waals surface area (Å²) in [6, 6.07) is 7.38. The van der Waals surface area contributed by atoms with Gasteiger partial charge in [-0.2, -0.15) is 5.10 Å². The molecule has 10 heteroatoms. The smallest absolute Gasteiger partial charge is 0.274 e. The quantitative estimate of drug-likeness (QED) is 0.530. The Hall–Kier alpha value is -2.98. The van der Waals surface area contributed by atoms with Crippen LogP contribution in [0.5, 0.6) is 0 Å². The minimum atomic E-state index is -3.78. The average molecular weight is 332 g/mol. The minimum absolute atomic E-state index is 0.0225. The number of rotatable bonds is 3. The van der Waals surface area contributed by atoms with Gasteiger partial charge in [-0.25, -0.2) is 13.6 Å². The predicted octanol–water partition coefficient (Wildman–Crippen LogP) is 0.0566. The lowest BCUT2D eigenvalue weighted by atomic mass is 10.0. The number of nitrogens with one attached hydrogen (secondary N) is 2. The number of sulfonamides is 1. The highest BCUT2D eigenvalue weighted by molar-refractivity contribution is 7.89. The summed E-state index contributed by atoms with van der Waals surface area (Å²) in [7, 11) is -3.78. The number of nitrogens with two attached hydrogens (primary N) is 2. The first-order valence-corrected chi connectivity index (χ1v) is 7.94. The second-order valence-corrected chi connectivity index (χ2v) is 6.29. The number of hydrogen-bond donors (Lipinski definition) is 4. The van der Waals surface area contributed by atoms with Crippen LogP contribution >= 0.6 is 0 Å². The van der Waals surface area contributed by atoms with Crippen LogP contribution in [-0.4, -0.2) is 28.8 Å². The summed E-state index contributed by atoms with van der Waals surface area (Å²) in [5, 5.41) is 17.8. The summed E-state index contributed by atoms with van der Waals surface area (Å²) in [4.78, 5) is 11.9. The third-order valence-corrected chi connectivity index (χ3v) is 4.18. The van der Waals surface area contributed by atoms with Crippen molar-refractivity contribution in [1.29, 1.82) is 0 Å². The van der Waals surface area contributed by atoms with Crippen molar-refractivity contribution in [2.75, 3.05) is 5.73 Å². The largest absolute Gasteiger partial charge is 0.383 e. The summed E-state index contributed by atoms with van der Waals surface area (Å²) in [6.07, 6.45) is 1.43. The standard InChI is InChI=1S/C13H12N6O3S/c14-12-10(13(20)19-18-12)9-5-6-16-17-11(9)7-1-3-8(4-2-7)23(15,21)22/h1-6H,(H2,15,21,22)(H4,14,18,19,20). The molecule has 9 nitrogen and oxygen atoms in total. The zero-order valence-corrected chi connectivity index (χ0v) is 12.5. The maximum atomic E-state index is 11.9. The van der Waals surface area contributed by atoms with Gasteiger partial charge in [-0.05, 0) is 18.2 Å². The number of nitrogen functional groups attached to an aromatic ring is 1. The number of hydrogen-bond acceptors (Lipinski definition) is 6. The number of aromatic nitrogens is 4. The first kappa shape index (κ1) is 14.9. The van der Waals surface area contributed by atoms with E-state index < -0.39 is 15.6 Å². The van der Waals surface area contributed by atoms with Crippen molar-refractivity contribution < 1.29 is 8.42 Å². The third kappa shape index (κ3) is 2.72. The molecule has 0 spiro atoms. The van der Waals surface area contributed by atoms with Gasteiger partial charge in [0.1, 0.15) is 11.5 Å². The van der Waals surface area contributed by atoms with Crippen molar-refractivity contribution in [1.82, 2.24) is 20.4 Å². The molecule has 0 fully saturated rings. The van der Waals surface area contributed by atoms with E-state index in [-0.39, 0.29) is 16.3 Å². The van der Waals surface area contributed by atoms with Crippen molar-refractivity contribution in [2.45, 2.75) is 4.90 Å². The van der Waals surface area contributed by atoms with E-state index in [2.05, 4.69) is 20.4 Å². The molecule has 0 saturated heterocycles. The van der Waals surface area contributed by atoms with Gasteiger partial charge in [0.2, 0.25) is 10.0 Å². The molecule has 3 rings (SSSR count). The molecule has 2 heterocycles. The molecule has 2 aromatic heterocycles. The lowest BCUT2D eigenvalue weighted by Gasteiger charge is -2.07. The van der Waals surface area contributed by atoms with E-state index in [0.717, 1.165) is 0 Å². The summed E-state index contributed by atoms with van der Waals surface area (Å²) >= 11 is 0. The SMILES string of the molecule is Nc1[nH][nH]c(=O)c1-c1ccnnc1-c1ccc(S(N)(=O)=O)cc1. The minimum Gasteiger partial charge on any atom is -0.383 e. The number of H-pyrrole nitrogens is 2. The molecule has 118 valence electrons. The molecule has 0 amide bonds. The second kappa shape index (κ2) is 5.34. The Labute approximate surface area is 130 Å². The second-order valence-electron chi connectivity index (χ2n) is 4.73. The van der Waals surface area contributed by atoms with Gasteiger partial charge in [-0.3, -0.25) is 15.0 Å². The molecule has 0 saturated carbocycles. The van der Waals surface area contributed by atoms with Crippen LogP contribution in [0.3, 0.4) is 0 Å². The fourth-order valence-electron chi connectivity index (χ4n) is 2.19. The fraction of sp³-hybridized carbons (Fsp3) is 0. The number of primary sulfonamides is 1. The van der Waals surface area contributed by atoms with Crippen LogP contribution in [0.25, 0.3) is 22.4 Å². The zero-order chi connectivity index (χ0) is 16.6. The Bertz CT molecular complexity index is 1020. The lowest BCUT2D eigenvalue weighted by molar-refractivity contribution is 0.598. The third-order valence-electron chi connectivity index (χ3n) is 3.25. The van der Waals surface area contributed by atoms with E-state index in [4.69, 9.17) is 10.9 Å². The first-order chi connectivity index (χ1) is 10.9. The highest BCUT2D eigenvalue weighted by Crippen LogP contribution is 2.30. The zero-order valence-electron chi connectivity index (χ0n) is 11.6. The maximum Gasteiger partial charge on any atom is 0.274 e. The van der Waals surface area contributed by atoms with E-state index in [9.17, 15) is 13.2 Å². The van der Waals surface area contributed by atoms with Crippen LogP contribution < -0.4 is 16.4 Å². The molecule has 0 unspecified atom stereocenters. The topological polar surface area (TPSA) is 161 Å². The van der Waals surface area contributed by atoms with Crippen LogP contribution in [0.15, 0.2) is 46.2 Å². The summed E-state index contributed by atoms with van der Waals surface area (Å²) in [5.41, 5.74) is 7.06. The number of anilines is 1. The van der Waals surface area contributed by atoms with Crippen molar-refractivity contribution in [2.24, 2.45) is 5.14 Å². The van der Waals surface area contributed by atoms with Gasteiger partial charge in [0.25, 0.3) is 5.56 Å². The van der Waals surface area contributed by atoms with Gasteiger partial charge in [0.15, 0.2) is 0 Å². The van der Waals surface area contributed by atoms with E-state index in [1.54, 1.807) is 6.07 Å². The normalized spacial score (nSPS) is 11.5. The van der Waals surface area contributed by atoms with Crippen molar-refractivity contribution in [3.8, 4) is 22.4 Å². The van der Waals surface area contributed by atoms with Crippen LogP contribution in [0.1, 0.15) is 0 Å². The predicted molar refractivity (Wildman–Crippen MR) is 83.7 cm³/mol. The molecule has 0 bridgehead atoms. The van der Waals surface area contributed by atoms with E-state index in [1.807, 2.05) is 0 Å². The molecule has 23 heavy (non-hydrogen) atoms. The van der Waals surface area contributed by atoms with Gasteiger partial charge in [0.05, 0.1) is 16.7 Å². The van der Waals surface area contributed by atoms with E-state index in [0.29, 0.717) is 16.8 Å². The first-order valence-electron chi connectivity index (χ1n) is 6.39. The van der Waals surface area contributed by atoms with Crippen molar-refractivity contribution >= 4 is 15.8 Å². The van der Waals surface area contributed by atoms with Gasteiger partial charge < -0.3 is 5.73 Å². The number of nitrogens with zero attached hydrogens (tertiary/aromatic N) is 2. The highest BCUT2D eigenvalue weighted by atomic mass is 32.2. The summed E-state index contributed by atoms with van der Waals surface area (Å²) in [5.74, 6) is 0.172. The molecule has 0 aliphatic carbocycles. The van der Waals surface area contributed by atoms with E-state index >= 15 is 0 Å². The Balaban J connectivity index is 2.17. The van der Waals surface area contributed by atoms with Gasteiger partial charge in [-0.1, -0.05) is 12.1 Å². The van der Waals surface area contributed by atoms with Crippen molar-refractivity contribution in [3.63, 3.8) is 0 Å². The van der Waals surface area contributed by atoms with Crippen LogP contribution in [0.4, 0.5) is 5.82 Å². The summed E-state index contributed by atoms with van der Waals surface area (Å²) in [6.45, 7) is 0. The molecular formula is C13H12N6O3S. The fourth-order valence-corrected chi connectivity index (χ4v) is 2.70. The average Bonchev–Trinajstić information content (AvgIpc) is 2.85. The monoisotopic (exact) mass is 332 g/mol. The highest BCUT2D eigenvalue weighted by Gasteiger charge is 2.17. The molecule has 0 aliphatic heterocycles. The van der Waals surface area contributed by atoms with Crippen LogP contribution in [0.2, 0.25) is 0 Å². The van der Waals surface area contributed by atoms with E-state index in [1.165, 1.54) is 30.5 Å². The molecule has 0 atom stereocenters.